The molecule has 1 saturated heterocycles. The first-order chi connectivity index (χ1) is 15.0. The van der Waals surface area contributed by atoms with Crippen molar-refractivity contribution in [1.29, 1.82) is 0 Å². The van der Waals surface area contributed by atoms with Gasteiger partial charge in [0, 0.05) is 25.2 Å². The molecule has 1 aromatic carbocycles. The second kappa shape index (κ2) is 10.7. The van der Waals surface area contributed by atoms with Gasteiger partial charge in [-0.25, -0.2) is 4.79 Å². The van der Waals surface area contributed by atoms with Gasteiger partial charge in [0.15, 0.2) is 6.61 Å². The van der Waals surface area contributed by atoms with Crippen LogP contribution in [0.25, 0.3) is 0 Å². The summed E-state index contributed by atoms with van der Waals surface area (Å²) in [4.78, 5) is 26.6. The van der Waals surface area contributed by atoms with E-state index < -0.39 is 18.5 Å². The number of rotatable bonds is 9. The van der Waals surface area contributed by atoms with E-state index in [1.54, 1.807) is 19.1 Å². The molecule has 0 spiro atoms. The summed E-state index contributed by atoms with van der Waals surface area (Å²) < 4.78 is 27.2. The van der Waals surface area contributed by atoms with Gasteiger partial charge >= 0.3 is 5.97 Å². The number of hydrogen-bond acceptors (Lipinski definition) is 8. The number of aryl methyl sites for hydroxylation is 1. The molecule has 1 aliphatic rings. The molecule has 31 heavy (non-hydrogen) atoms. The summed E-state index contributed by atoms with van der Waals surface area (Å²) in [7, 11) is 0. The van der Waals surface area contributed by atoms with Crippen LogP contribution in [0, 0.1) is 6.92 Å². The first-order valence-electron chi connectivity index (χ1n) is 10.3. The maximum atomic E-state index is 12.4. The monoisotopic (exact) mass is 432 g/mol. The summed E-state index contributed by atoms with van der Waals surface area (Å²) in [5, 5.41) is 2.74. The van der Waals surface area contributed by atoms with Crippen LogP contribution in [-0.2, 0) is 14.3 Å². The molecule has 0 atom stereocenters. The topological polar surface area (TPSA) is 99.5 Å². The minimum atomic E-state index is -0.703. The van der Waals surface area contributed by atoms with Crippen LogP contribution >= 0.6 is 0 Å². The lowest BCUT2D eigenvalue weighted by molar-refractivity contribution is -0.119. The van der Waals surface area contributed by atoms with Gasteiger partial charge < -0.3 is 33.6 Å². The maximum Gasteiger partial charge on any atom is 0.374 e. The highest BCUT2D eigenvalue weighted by Crippen LogP contribution is 2.39. The predicted octanol–water partition coefficient (Wildman–Crippen LogP) is 3.02. The number of furan rings is 1. The molecule has 1 fully saturated rings. The van der Waals surface area contributed by atoms with Crippen LogP contribution in [0.1, 0.15) is 30.2 Å². The Balaban J connectivity index is 1.74. The lowest BCUT2D eigenvalue weighted by atomic mass is 10.2. The molecule has 0 saturated carbocycles. The molecular weight excluding hydrogens is 404 g/mol. The molecule has 2 heterocycles. The number of carbonyl (C=O) groups excluding carboxylic acids is 2. The molecule has 0 aliphatic carbocycles. The zero-order valence-electron chi connectivity index (χ0n) is 18.1. The van der Waals surface area contributed by atoms with Crippen molar-refractivity contribution < 1.29 is 33.0 Å². The van der Waals surface area contributed by atoms with Crippen molar-refractivity contribution in [2.45, 2.75) is 20.8 Å². The van der Waals surface area contributed by atoms with Crippen molar-refractivity contribution in [3.8, 4) is 11.5 Å². The molecule has 1 amide bonds. The minimum Gasteiger partial charge on any atom is -0.492 e. The Hall–Kier alpha value is -3.20. The number of morpholine rings is 1. The molecule has 0 unspecified atom stereocenters. The lowest BCUT2D eigenvalue weighted by Crippen LogP contribution is -2.36. The van der Waals surface area contributed by atoms with E-state index in [0.717, 1.165) is 18.8 Å². The van der Waals surface area contributed by atoms with Crippen molar-refractivity contribution in [2.75, 3.05) is 56.3 Å². The van der Waals surface area contributed by atoms with Crippen LogP contribution < -0.4 is 19.7 Å². The largest absolute Gasteiger partial charge is 0.492 e. The number of benzene rings is 1. The van der Waals surface area contributed by atoms with Gasteiger partial charge in [-0.3, -0.25) is 4.79 Å². The highest BCUT2D eigenvalue weighted by Gasteiger charge is 2.21. The molecule has 1 aromatic heterocycles. The highest BCUT2D eigenvalue weighted by atomic mass is 16.5. The third-order valence-corrected chi connectivity index (χ3v) is 4.56. The van der Waals surface area contributed by atoms with Crippen molar-refractivity contribution in [1.82, 2.24) is 0 Å². The Morgan fingerprint density at radius 3 is 2.42 bits per heavy atom. The molecule has 168 valence electrons. The Kier molecular flexibility index (Phi) is 7.77. The number of nitrogens with zero attached hydrogens (tertiary/aromatic N) is 1. The Morgan fingerprint density at radius 2 is 1.77 bits per heavy atom. The van der Waals surface area contributed by atoms with Crippen LogP contribution in [0.15, 0.2) is 28.7 Å². The molecule has 1 N–H and O–H groups in total. The van der Waals surface area contributed by atoms with Crippen molar-refractivity contribution in [2.24, 2.45) is 0 Å². The average molecular weight is 432 g/mol. The summed E-state index contributed by atoms with van der Waals surface area (Å²) in [6, 6.07) is 6.74. The van der Waals surface area contributed by atoms with Gasteiger partial charge in [-0.2, -0.15) is 0 Å². The van der Waals surface area contributed by atoms with Gasteiger partial charge in [0.05, 0.1) is 37.8 Å². The standard InChI is InChI=1S/C22H28N2O7/c1-4-28-19-13-17(24-8-10-27-11-9-24)20(29-5-2)12-16(19)23-21(25)14-30-22(26)18-7-6-15(3)31-18/h6-7,12-13H,4-5,8-11,14H2,1-3H3,(H,23,25). The number of anilines is 2. The van der Waals surface area contributed by atoms with Crippen LogP contribution in [0.2, 0.25) is 0 Å². The fourth-order valence-corrected chi connectivity index (χ4v) is 3.18. The molecule has 3 rings (SSSR count). The second-order valence-corrected chi connectivity index (χ2v) is 6.82. The van der Waals surface area contributed by atoms with E-state index in [1.807, 2.05) is 19.9 Å². The molecule has 9 nitrogen and oxygen atoms in total. The van der Waals surface area contributed by atoms with Crippen molar-refractivity contribution in [3.05, 3.63) is 35.8 Å². The fourth-order valence-electron chi connectivity index (χ4n) is 3.18. The van der Waals surface area contributed by atoms with E-state index >= 15 is 0 Å². The van der Waals surface area contributed by atoms with Gasteiger partial charge in [0.1, 0.15) is 17.3 Å². The number of amides is 1. The fraction of sp³-hybridized carbons (Fsp3) is 0.455. The molecule has 0 radical (unpaired) electrons. The SMILES string of the molecule is CCOc1cc(N2CCOCC2)c(OCC)cc1NC(=O)COC(=O)c1ccc(C)o1. The van der Waals surface area contributed by atoms with Gasteiger partial charge in [0.2, 0.25) is 5.76 Å². The summed E-state index contributed by atoms with van der Waals surface area (Å²) >= 11 is 0. The van der Waals surface area contributed by atoms with Crippen LogP contribution in [0.4, 0.5) is 11.4 Å². The van der Waals surface area contributed by atoms with Gasteiger partial charge in [0.25, 0.3) is 5.91 Å². The first-order valence-corrected chi connectivity index (χ1v) is 10.3. The third-order valence-electron chi connectivity index (χ3n) is 4.56. The third kappa shape index (κ3) is 5.91. The summed E-state index contributed by atoms with van der Waals surface area (Å²) in [6.45, 7) is 8.65. The van der Waals surface area contributed by atoms with E-state index in [-0.39, 0.29) is 5.76 Å². The average Bonchev–Trinajstić information content (AvgIpc) is 3.21. The Morgan fingerprint density at radius 1 is 1.06 bits per heavy atom. The van der Waals surface area contributed by atoms with Gasteiger partial charge in [-0.15, -0.1) is 0 Å². The number of nitrogens with one attached hydrogen (secondary N) is 1. The summed E-state index contributed by atoms with van der Waals surface area (Å²) in [5.41, 5.74) is 1.32. The van der Waals surface area contributed by atoms with Crippen molar-refractivity contribution in [3.63, 3.8) is 0 Å². The smallest absolute Gasteiger partial charge is 0.374 e. The van der Waals surface area contributed by atoms with E-state index in [2.05, 4.69) is 10.2 Å². The van der Waals surface area contributed by atoms with Gasteiger partial charge in [-0.05, 0) is 32.9 Å². The molecule has 9 heteroatoms. The van der Waals surface area contributed by atoms with Gasteiger partial charge in [-0.1, -0.05) is 0 Å². The first kappa shape index (κ1) is 22.5. The number of ether oxygens (including phenoxy) is 4. The molecule has 1 aliphatic heterocycles. The quantitative estimate of drug-likeness (QED) is 0.604. The maximum absolute atomic E-state index is 12.4. The molecule has 2 aromatic rings. The van der Waals surface area contributed by atoms with Crippen LogP contribution in [-0.4, -0.2) is 58.0 Å². The van der Waals surface area contributed by atoms with E-state index in [1.165, 1.54) is 6.07 Å². The Labute approximate surface area is 181 Å². The number of hydrogen-bond donors (Lipinski definition) is 1. The van der Waals surface area contributed by atoms with Crippen molar-refractivity contribution >= 4 is 23.3 Å². The normalized spacial score (nSPS) is 13.6. The second-order valence-electron chi connectivity index (χ2n) is 6.82. The molecular formula is C22H28N2O7. The summed E-state index contributed by atoms with van der Waals surface area (Å²) in [6.07, 6.45) is 0. The van der Waals surface area contributed by atoms with Crippen LogP contribution in [0.5, 0.6) is 11.5 Å². The van der Waals surface area contributed by atoms with E-state index in [4.69, 9.17) is 23.4 Å². The van der Waals surface area contributed by atoms with E-state index in [9.17, 15) is 9.59 Å². The predicted molar refractivity (Wildman–Crippen MR) is 114 cm³/mol. The molecule has 0 bridgehead atoms. The zero-order chi connectivity index (χ0) is 22.2. The zero-order valence-corrected chi connectivity index (χ0v) is 18.1. The number of carbonyl (C=O) groups is 2. The minimum absolute atomic E-state index is 0.0498. The Bertz CT molecular complexity index is 903. The van der Waals surface area contributed by atoms with E-state index in [0.29, 0.717) is 49.4 Å². The summed E-state index contributed by atoms with van der Waals surface area (Å²) in [5.74, 6) is 0.570. The van der Waals surface area contributed by atoms with Crippen LogP contribution in [0.3, 0.4) is 0 Å². The highest BCUT2D eigenvalue weighted by molar-refractivity contribution is 5.96. The number of esters is 1. The lowest BCUT2D eigenvalue weighted by Gasteiger charge is -2.31.